The van der Waals surface area contributed by atoms with E-state index in [1.54, 1.807) is 11.3 Å². The number of fused-ring (bicyclic) bond motifs is 1. The number of hydrogen-bond acceptors (Lipinski definition) is 3. The molecule has 1 atom stereocenters. The van der Waals surface area contributed by atoms with Gasteiger partial charge in [0.05, 0.1) is 6.61 Å². The topological polar surface area (TPSA) is 32.3 Å². The highest BCUT2D eigenvalue weighted by Gasteiger charge is 2.12. The predicted octanol–water partition coefficient (Wildman–Crippen LogP) is 3.01. The molecule has 0 bridgehead atoms. The van der Waals surface area contributed by atoms with Crippen LogP contribution in [0.5, 0.6) is 0 Å². The maximum atomic E-state index is 9.28. The van der Waals surface area contributed by atoms with Crippen LogP contribution in [-0.4, -0.2) is 17.8 Å². The summed E-state index contributed by atoms with van der Waals surface area (Å²) in [5.74, 6) is 0.449. The molecule has 0 aliphatic heterocycles. The van der Waals surface area contributed by atoms with Gasteiger partial charge in [0.25, 0.3) is 0 Å². The first-order chi connectivity index (χ1) is 8.22. The Balaban J connectivity index is 2.08. The first kappa shape index (κ1) is 12.6. The molecule has 92 valence electrons. The van der Waals surface area contributed by atoms with E-state index in [0.29, 0.717) is 5.92 Å². The zero-order valence-electron chi connectivity index (χ0n) is 10.3. The molecule has 0 amide bonds. The molecule has 3 heteroatoms. The number of nitrogens with one attached hydrogen (secondary N) is 1. The summed E-state index contributed by atoms with van der Waals surface area (Å²) in [6.07, 6.45) is 0. The van der Waals surface area contributed by atoms with Crippen molar-refractivity contribution in [3.8, 4) is 0 Å². The lowest BCUT2D eigenvalue weighted by Crippen LogP contribution is -2.36. The zero-order chi connectivity index (χ0) is 12.3. The van der Waals surface area contributed by atoms with E-state index in [1.807, 2.05) is 0 Å². The number of thiophene rings is 1. The highest BCUT2D eigenvalue weighted by Crippen LogP contribution is 2.25. The summed E-state index contributed by atoms with van der Waals surface area (Å²) in [6.45, 7) is 5.27. The quantitative estimate of drug-likeness (QED) is 0.853. The Bertz CT molecular complexity index is 478. The molecule has 2 rings (SSSR count). The van der Waals surface area contributed by atoms with Crippen LogP contribution in [0.25, 0.3) is 10.1 Å². The van der Waals surface area contributed by atoms with Gasteiger partial charge in [0, 0.05) is 17.3 Å². The number of aliphatic hydroxyl groups excluding tert-OH is 1. The second-order valence-electron chi connectivity index (χ2n) is 4.67. The highest BCUT2D eigenvalue weighted by atomic mass is 32.1. The Morgan fingerprint density at radius 3 is 2.76 bits per heavy atom. The van der Waals surface area contributed by atoms with Gasteiger partial charge < -0.3 is 10.4 Å². The van der Waals surface area contributed by atoms with Crippen molar-refractivity contribution < 1.29 is 5.11 Å². The molecule has 2 nitrogen and oxygen atoms in total. The van der Waals surface area contributed by atoms with Crippen LogP contribution in [0.15, 0.2) is 29.6 Å². The molecule has 0 aliphatic rings. The van der Waals surface area contributed by atoms with Crippen LogP contribution in [0.2, 0.25) is 0 Å². The molecule has 2 aromatic rings. The maximum absolute atomic E-state index is 9.28. The van der Waals surface area contributed by atoms with Crippen molar-refractivity contribution in [3.05, 3.63) is 35.2 Å². The third-order valence-electron chi connectivity index (χ3n) is 3.12. The van der Waals surface area contributed by atoms with E-state index in [2.05, 4.69) is 48.8 Å². The van der Waals surface area contributed by atoms with Gasteiger partial charge in [-0.15, -0.1) is 11.3 Å². The van der Waals surface area contributed by atoms with E-state index in [-0.39, 0.29) is 12.6 Å². The first-order valence-electron chi connectivity index (χ1n) is 6.01. The Labute approximate surface area is 106 Å². The summed E-state index contributed by atoms with van der Waals surface area (Å²) in [5.41, 5.74) is 1.32. The smallest absolute Gasteiger partial charge is 0.0587 e. The lowest BCUT2D eigenvalue weighted by molar-refractivity contribution is 0.210. The summed E-state index contributed by atoms with van der Waals surface area (Å²) < 4.78 is 1.33. The van der Waals surface area contributed by atoms with Crippen molar-refractivity contribution >= 4 is 21.4 Å². The van der Waals surface area contributed by atoms with Crippen LogP contribution >= 0.6 is 11.3 Å². The Morgan fingerprint density at radius 2 is 2.06 bits per heavy atom. The Kier molecular flexibility index (Phi) is 4.15. The fourth-order valence-corrected chi connectivity index (χ4v) is 2.88. The van der Waals surface area contributed by atoms with Crippen LogP contribution in [-0.2, 0) is 6.54 Å². The monoisotopic (exact) mass is 249 g/mol. The van der Waals surface area contributed by atoms with Crippen LogP contribution in [0, 0.1) is 5.92 Å². The normalized spacial score (nSPS) is 13.4. The second-order valence-corrected chi connectivity index (χ2v) is 5.58. The molecule has 0 radical (unpaired) electrons. The van der Waals surface area contributed by atoms with Gasteiger partial charge in [0.2, 0.25) is 0 Å². The van der Waals surface area contributed by atoms with Gasteiger partial charge >= 0.3 is 0 Å². The van der Waals surface area contributed by atoms with Gasteiger partial charge in [0.1, 0.15) is 0 Å². The highest BCUT2D eigenvalue weighted by molar-refractivity contribution is 7.17. The van der Waals surface area contributed by atoms with Gasteiger partial charge in [-0.2, -0.15) is 0 Å². The average Bonchev–Trinajstić information content (AvgIpc) is 2.73. The number of hydrogen-bond donors (Lipinski definition) is 2. The van der Waals surface area contributed by atoms with Crippen LogP contribution < -0.4 is 5.32 Å². The molecule has 0 saturated heterocycles. The average molecular weight is 249 g/mol. The number of benzene rings is 1. The van der Waals surface area contributed by atoms with E-state index >= 15 is 0 Å². The molecule has 17 heavy (non-hydrogen) atoms. The lowest BCUT2D eigenvalue weighted by atomic mass is 10.0. The minimum absolute atomic E-state index is 0.175. The molecule has 1 heterocycles. The van der Waals surface area contributed by atoms with Crippen molar-refractivity contribution in [1.29, 1.82) is 0 Å². The molecule has 0 unspecified atom stereocenters. The van der Waals surface area contributed by atoms with Gasteiger partial charge in [-0.1, -0.05) is 32.0 Å². The van der Waals surface area contributed by atoms with Crippen molar-refractivity contribution in [3.63, 3.8) is 0 Å². The largest absolute Gasteiger partial charge is 0.395 e. The number of rotatable bonds is 5. The first-order valence-corrected chi connectivity index (χ1v) is 6.89. The summed E-state index contributed by atoms with van der Waals surface area (Å²) in [7, 11) is 0. The van der Waals surface area contributed by atoms with E-state index in [4.69, 9.17) is 0 Å². The van der Waals surface area contributed by atoms with Gasteiger partial charge in [-0.25, -0.2) is 0 Å². The molecular weight excluding hydrogens is 230 g/mol. The minimum atomic E-state index is 0.175. The van der Waals surface area contributed by atoms with Gasteiger partial charge in [-0.05, 0) is 28.3 Å². The van der Waals surface area contributed by atoms with Crippen molar-refractivity contribution in [2.75, 3.05) is 6.61 Å². The fourth-order valence-electron chi connectivity index (χ4n) is 1.92. The molecule has 0 fully saturated rings. The minimum Gasteiger partial charge on any atom is -0.395 e. The Morgan fingerprint density at radius 1 is 1.29 bits per heavy atom. The van der Waals surface area contributed by atoms with Gasteiger partial charge in [0.15, 0.2) is 0 Å². The van der Waals surface area contributed by atoms with Crippen molar-refractivity contribution in [1.82, 2.24) is 5.32 Å². The fraction of sp³-hybridized carbons (Fsp3) is 0.429. The summed E-state index contributed by atoms with van der Waals surface area (Å²) >= 11 is 1.78. The van der Waals surface area contributed by atoms with E-state index in [1.165, 1.54) is 15.6 Å². The molecule has 2 N–H and O–H groups in total. The molecule has 1 aromatic carbocycles. The molecule has 0 aliphatic carbocycles. The molecular formula is C14H19NOS. The molecule has 0 saturated carbocycles. The van der Waals surface area contributed by atoms with Crippen molar-refractivity contribution in [2.24, 2.45) is 5.92 Å². The van der Waals surface area contributed by atoms with Crippen LogP contribution in [0.1, 0.15) is 19.4 Å². The predicted molar refractivity (Wildman–Crippen MR) is 74.4 cm³/mol. The molecule has 0 spiro atoms. The number of aliphatic hydroxyl groups is 1. The third-order valence-corrected chi connectivity index (χ3v) is 4.13. The third kappa shape index (κ3) is 2.86. The Hall–Kier alpha value is -0.900. The summed E-state index contributed by atoms with van der Waals surface area (Å²) in [6, 6.07) is 8.63. The molecule has 1 aromatic heterocycles. The SMILES string of the molecule is CC(C)[C@@H](CO)NCc1csc2ccccc12. The summed E-state index contributed by atoms with van der Waals surface area (Å²) in [4.78, 5) is 0. The van der Waals surface area contributed by atoms with E-state index < -0.39 is 0 Å². The second kappa shape index (κ2) is 5.63. The van der Waals surface area contributed by atoms with E-state index in [0.717, 1.165) is 6.54 Å². The summed E-state index contributed by atoms with van der Waals surface area (Å²) in [5, 5.41) is 16.2. The van der Waals surface area contributed by atoms with E-state index in [9.17, 15) is 5.11 Å². The van der Waals surface area contributed by atoms with Gasteiger partial charge in [-0.3, -0.25) is 0 Å². The van der Waals surface area contributed by atoms with Crippen LogP contribution in [0.3, 0.4) is 0 Å². The van der Waals surface area contributed by atoms with Crippen molar-refractivity contribution in [2.45, 2.75) is 26.4 Å². The van der Waals surface area contributed by atoms with Crippen LogP contribution in [0.4, 0.5) is 0 Å². The lowest BCUT2D eigenvalue weighted by Gasteiger charge is -2.19. The zero-order valence-corrected chi connectivity index (χ0v) is 11.1. The maximum Gasteiger partial charge on any atom is 0.0587 e. The standard InChI is InChI=1S/C14H19NOS/c1-10(2)13(8-16)15-7-11-9-17-14-6-4-3-5-12(11)14/h3-6,9-10,13,15-16H,7-8H2,1-2H3/t13-/m1/s1.